The Bertz CT molecular complexity index is 802. The Hall–Kier alpha value is -3.35. The SMILES string of the molecule is COC(=O)CNC(=O)COC(=O)C1c2ccccc2Oc2ccccc21. The summed E-state index contributed by atoms with van der Waals surface area (Å²) in [4.78, 5) is 35.4. The van der Waals surface area contributed by atoms with Crippen molar-refractivity contribution in [3.8, 4) is 11.5 Å². The highest BCUT2D eigenvalue weighted by molar-refractivity contribution is 5.88. The molecule has 0 fully saturated rings. The van der Waals surface area contributed by atoms with E-state index in [2.05, 4.69) is 10.1 Å². The number of nitrogens with one attached hydrogen (secondary N) is 1. The molecule has 0 aromatic heterocycles. The van der Waals surface area contributed by atoms with Crippen LogP contribution in [0.4, 0.5) is 0 Å². The predicted molar refractivity (Wildman–Crippen MR) is 90.8 cm³/mol. The number of para-hydroxylation sites is 2. The van der Waals surface area contributed by atoms with Crippen LogP contribution in [0.1, 0.15) is 17.0 Å². The standard InChI is InChI=1S/C19H17NO6/c1-24-17(22)10-20-16(21)11-25-19(23)18-12-6-2-4-8-14(12)26-15-9-5-3-7-13(15)18/h2-9,18H,10-11H2,1H3,(H,20,21). The highest BCUT2D eigenvalue weighted by Crippen LogP contribution is 2.44. The quantitative estimate of drug-likeness (QED) is 0.822. The molecule has 26 heavy (non-hydrogen) atoms. The Labute approximate surface area is 149 Å². The van der Waals surface area contributed by atoms with Crippen LogP contribution in [0.3, 0.4) is 0 Å². The van der Waals surface area contributed by atoms with Crippen LogP contribution in [0.15, 0.2) is 48.5 Å². The Morgan fingerprint density at radius 2 is 1.58 bits per heavy atom. The Morgan fingerprint density at radius 1 is 1.00 bits per heavy atom. The first-order valence-electron chi connectivity index (χ1n) is 7.96. The number of hydrogen-bond acceptors (Lipinski definition) is 6. The molecular formula is C19H17NO6. The van der Waals surface area contributed by atoms with Crippen LogP contribution in [0.2, 0.25) is 0 Å². The molecule has 0 saturated heterocycles. The van der Waals surface area contributed by atoms with Gasteiger partial charge in [-0.25, -0.2) is 0 Å². The van der Waals surface area contributed by atoms with Crippen molar-refractivity contribution in [1.82, 2.24) is 5.32 Å². The molecule has 1 N–H and O–H groups in total. The zero-order chi connectivity index (χ0) is 18.5. The minimum Gasteiger partial charge on any atom is -0.468 e. The summed E-state index contributed by atoms with van der Waals surface area (Å²) in [6.45, 7) is -0.770. The second-order valence-electron chi connectivity index (χ2n) is 5.57. The number of fused-ring (bicyclic) bond motifs is 2. The summed E-state index contributed by atoms with van der Waals surface area (Å²) in [6.07, 6.45) is 0. The van der Waals surface area contributed by atoms with Gasteiger partial charge in [0, 0.05) is 11.1 Å². The summed E-state index contributed by atoms with van der Waals surface area (Å²) in [7, 11) is 1.22. The van der Waals surface area contributed by atoms with Crippen molar-refractivity contribution in [3.05, 3.63) is 59.7 Å². The third kappa shape index (κ3) is 3.66. The van der Waals surface area contributed by atoms with Gasteiger partial charge in [-0.15, -0.1) is 0 Å². The first-order valence-corrected chi connectivity index (χ1v) is 7.96. The van der Waals surface area contributed by atoms with Crippen molar-refractivity contribution >= 4 is 17.8 Å². The van der Waals surface area contributed by atoms with E-state index in [-0.39, 0.29) is 6.54 Å². The van der Waals surface area contributed by atoms with E-state index in [1.54, 1.807) is 36.4 Å². The maximum absolute atomic E-state index is 12.7. The third-order valence-electron chi connectivity index (χ3n) is 3.92. The molecular weight excluding hydrogens is 338 g/mol. The van der Waals surface area contributed by atoms with Gasteiger partial charge in [-0.2, -0.15) is 0 Å². The highest BCUT2D eigenvalue weighted by atomic mass is 16.5. The Morgan fingerprint density at radius 3 is 2.15 bits per heavy atom. The van der Waals surface area contributed by atoms with Gasteiger partial charge in [0.15, 0.2) is 6.61 Å². The van der Waals surface area contributed by atoms with Crippen molar-refractivity contribution in [2.24, 2.45) is 0 Å². The zero-order valence-electron chi connectivity index (χ0n) is 14.1. The topological polar surface area (TPSA) is 90.9 Å². The lowest BCUT2D eigenvalue weighted by Gasteiger charge is -2.26. The molecule has 0 aliphatic carbocycles. The number of amides is 1. The smallest absolute Gasteiger partial charge is 0.325 e. The van der Waals surface area contributed by atoms with E-state index in [0.717, 1.165) is 0 Å². The Kier molecular flexibility index (Phi) is 5.17. The number of methoxy groups -OCH3 is 1. The molecule has 7 heteroatoms. The molecule has 0 atom stereocenters. The third-order valence-corrected chi connectivity index (χ3v) is 3.92. The minimum absolute atomic E-state index is 0.282. The van der Waals surface area contributed by atoms with Crippen LogP contribution in [0.5, 0.6) is 11.5 Å². The van der Waals surface area contributed by atoms with Gasteiger partial charge in [0.25, 0.3) is 5.91 Å². The molecule has 1 heterocycles. The average Bonchev–Trinajstić information content (AvgIpc) is 2.68. The van der Waals surface area contributed by atoms with Crippen molar-refractivity contribution in [2.45, 2.75) is 5.92 Å². The number of benzene rings is 2. The molecule has 0 saturated carbocycles. The largest absolute Gasteiger partial charge is 0.468 e. The second kappa shape index (κ2) is 7.69. The number of hydrogen-bond donors (Lipinski definition) is 1. The lowest BCUT2D eigenvalue weighted by molar-refractivity contribution is -0.149. The lowest BCUT2D eigenvalue weighted by atomic mass is 9.88. The van der Waals surface area contributed by atoms with Crippen LogP contribution in [0, 0.1) is 0 Å². The van der Waals surface area contributed by atoms with Crippen molar-refractivity contribution in [3.63, 3.8) is 0 Å². The zero-order valence-corrected chi connectivity index (χ0v) is 14.1. The summed E-state index contributed by atoms with van der Waals surface area (Å²) >= 11 is 0. The molecule has 0 radical (unpaired) electrons. The fourth-order valence-electron chi connectivity index (χ4n) is 2.68. The molecule has 2 aromatic rings. The van der Waals surface area contributed by atoms with Gasteiger partial charge >= 0.3 is 11.9 Å². The van der Waals surface area contributed by atoms with E-state index in [9.17, 15) is 14.4 Å². The van der Waals surface area contributed by atoms with Crippen LogP contribution < -0.4 is 10.1 Å². The molecule has 7 nitrogen and oxygen atoms in total. The first-order chi connectivity index (χ1) is 12.6. The van der Waals surface area contributed by atoms with Crippen molar-refractivity contribution < 1.29 is 28.6 Å². The van der Waals surface area contributed by atoms with Gasteiger partial charge in [-0.3, -0.25) is 14.4 Å². The van der Waals surface area contributed by atoms with E-state index in [1.807, 2.05) is 12.1 Å². The summed E-state index contributed by atoms with van der Waals surface area (Å²) in [5, 5.41) is 2.31. The van der Waals surface area contributed by atoms with Gasteiger partial charge in [0.1, 0.15) is 24.0 Å². The van der Waals surface area contributed by atoms with Crippen LogP contribution in [-0.2, 0) is 23.9 Å². The van der Waals surface area contributed by atoms with Crippen molar-refractivity contribution in [2.75, 3.05) is 20.3 Å². The summed E-state index contributed by atoms with van der Waals surface area (Å²) in [6, 6.07) is 14.4. The molecule has 0 spiro atoms. The average molecular weight is 355 g/mol. The van der Waals surface area contributed by atoms with Crippen LogP contribution in [-0.4, -0.2) is 38.1 Å². The first kappa shape index (κ1) is 17.5. The monoisotopic (exact) mass is 355 g/mol. The molecule has 0 bridgehead atoms. The van der Waals surface area contributed by atoms with E-state index in [0.29, 0.717) is 22.6 Å². The summed E-state index contributed by atoms with van der Waals surface area (Å²) in [5.74, 6) is -1.29. The van der Waals surface area contributed by atoms with E-state index < -0.39 is 30.4 Å². The molecule has 1 aliphatic rings. The maximum atomic E-state index is 12.7. The van der Waals surface area contributed by atoms with Gasteiger partial charge in [0.2, 0.25) is 0 Å². The van der Waals surface area contributed by atoms with Gasteiger partial charge < -0.3 is 19.5 Å². The molecule has 1 amide bonds. The second-order valence-corrected chi connectivity index (χ2v) is 5.57. The predicted octanol–water partition coefficient (Wildman–Crippen LogP) is 1.76. The number of ether oxygens (including phenoxy) is 3. The number of carbonyl (C=O) groups excluding carboxylic acids is 3. The molecule has 1 aliphatic heterocycles. The summed E-state index contributed by atoms with van der Waals surface area (Å²) in [5.41, 5.74) is 1.34. The fourth-order valence-corrected chi connectivity index (χ4v) is 2.68. The van der Waals surface area contributed by atoms with E-state index in [4.69, 9.17) is 9.47 Å². The number of rotatable bonds is 5. The van der Waals surface area contributed by atoms with Crippen molar-refractivity contribution in [1.29, 1.82) is 0 Å². The Balaban J connectivity index is 1.73. The molecule has 0 unspecified atom stereocenters. The van der Waals surface area contributed by atoms with Crippen LogP contribution in [0.25, 0.3) is 0 Å². The molecule has 3 rings (SSSR count). The number of esters is 2. The number of carbonyl (C=O) groups is 3. The summed E-state index contributed by atoms with van der Waals surface area (Å²) < 4.78 is 15.4. The van der Waals surface area contributed by atoms with E-state index >= 15 is 0 Å². The van der Waals surface area contributed by atoms with Gasteiger partial charge in [-0.05, 0) is 12.1 Å². The maximum Gasteiger partial charge on any atom is 0.325 e. The van der Waals surface area contributed by atoms with Gasteiger partial charge in [-0.1, -0.05) is 36.4 Å². The molecule has 2 aromatic carbocycles. The van der Waals surface area contributed by atoms with Gasteiger partial charge in [0.05, 0.1) is 7.11 Å². The van der Waals surface area contributed by atoms with E-state index in [1.165, 1.54) is 7.11 Å². The highest BCUT2D eigenvalue weighted by Gasteiger charge is 2.33. The fraction of sp³-hybridized carbons (Fsp3) is 0.211. The lowest BCUT2D eigenvalue weighted by Crippen LogP contribution is -2.34. The minimum atomic E-state index is -0.690. The van der Waals surface area contributed by atoms with Crippen LogP contribution >= 0.6 is 0 Å². The molecule has 134 valence electrons. The normalized spacial score (nSPS) is 12.2.